The van der Waals surface area contributed by atoms with Gasteiger partial charge in [0.1, 0.15) is 5.69 Å². The number of carboxylic acid groups (broad SMARTS) is 1. The average molecular weight is 265 g/mol. The summed E-state index contributed by atoms with van der Waals surface area (Å²) in [5, 5.41) is 8.63. The summed E-state index contributed by atoms with van der Waals surface area (Å²) in [6, 6.07) is 11.2. The Labute approximate surface area is 114 Å². The highest BCUT2D eigenvalue weighted by Gasteiger charge is 2.05. The fourth-order valence-corrected chi connectivity index (χ4v) is 1.92. The summed E-state index contributed by atoms with van der Waals surface area (Å²) in [5.41, 5.74) is 3.23. The molecule has 5 heteroatoms. The summed E-state index contributed by atoms with van der Waals surface area (Å²) in [7, 11) is 0. The zero-order chi connectivity index (χ0) is 13.9. The molecule has 2 aromatic heterocycles. The van der Waals surface area contributed by atoms with E-state index in [0.29, 0.717) is 5.82 Å². The van der Waals surface area contributed by atoms with Crippen molar-refractivity contribution in [2.75, 3.05) is 0 Å². The molecule has 0 aliphatic heterocycles. The zero-order valence-electron chi connectivity index (χ0n) is 10.4. The molecule has 5 nitrogen and oxygen atoms in total. The normalized spacial score (nSPS) is 11.2. The predicted molar refractivity (Wildman–Crippen MR) is 76.0 cm³/mol. The van der Waals surface area contributed by atoms with E-state index in [9.17, 15) is 4.79 Å². The van der Waals surface area contributed by atoms with Gasteiger partial charge < -0.3 is 10.1 Å². The van der Waals surface area contributed by atoms with E-state index in [4.69, 9.17) is 5.11 Å². The van der Waals surface area contributed by atoms with Crippen LogP contribution in [0.3, 0.4) is 0 Å². The van der Waals surface area contributed by atoms with Crippen LogP contribution in [-0.2, 0) is 4.79 Å². The highest BCUT2D eigenvalue weighted by molar-refractivity contribution is 5.87. The number of pyridine rings is 1. The lowest BCUT2D eigenvalue weighted by atomic mass is 10.2. The third-order valence-corrected chi connectivity index (χ3v) is 2.83. The Bertz CT molecular complexity index is 791. The third kappa shape index (κ3) is 2.42. The van der Waals surface area contributed by atoms with Gasteiger partial charge in [0.2, 0.25) is 0 Å². The lowest BCUT2D eigenvalue weighted by Crippen LogP contribution is -1.85. The Morgan fingerprint density at radius 1 is 1.25 bits per heavy atom. The molecule has 0 bridgehead atoms. The van der Waals surface area contributed by atoms with Crippen molar-refractivity contribution in [1.82, 2.24) is 15.0 Å². The van der Waals surface area contributed by atoms with Gasteiger partial charge in [-0.1, -0.05) is 12.1 Å². The number of hydrogen-bond donors (Lipinski definition) is 2. The van der Waals surface area contributed by atoms with Gasteiger partial charge in [-0.05, 0) is 35.9 Å². The van der Waals surface area contributed by atoms with Crippen molar-refractivity contribution in [3.05, 3.63) is 54.2 Å². The maximum absolute atomic E-state index is 10.5. The van der Waals surface area contributed by atoms with E-state index in [0.717, 1.165) is 28.4 Å². The summed E-state index contributed by atoms with van der Waals surface area (Å²) in [6.45, 7) is 0. The van der Waals surface area contributed by atoms with E-state index in [-0.39, 0.29) is 0 Å². The molecular weight excluding hydrogens is 254 g/mol. The van der Waals surface area contributed by atoms with E-state index in [1.54, 1.807) is 12.3 Å². The third-order valence-electron chi connectivity index (χ3n) is 2.83. The molecule has 20 heavy (non-hydrogen) atoms. The molecule has 0 amide bonds. The second-order valence-corrected chi connectivity index (χ2v) is 4.25. The van der Waals surface area contributed by atoms with Crippen molar-refractivity contribution in [3.63, 3.8) is 0 Å². The first-order valence-corrected chi connectivity index (χ1v) is 6.04. The number of carboxylic acids is 1. The van der Waals surface area contributed by atoms with Crippen LogP contribution in [0, 0.1) is 0 Å². The largest absolute Gasteiger partial charge is 0.478 e. The summed E-state index contributed by atoms with van der Waals surface area (Å²) < 4.78 is 0. The zero-order valence-corrected chi connectivity index (χ0v) is 10.4. The van der Waals surface area contributed by atoms with Gasteiger partial charge in [-0.3, -0.25) is 4.98 Å². The molecule has 2 N–H and O–H groups in total. The molecule has 0 radical (unpaired) electrons. The maximum atomic E-state index is 10.5. The average Bonchev–Trinajstić information content (AvgIpc) is 2.89. The van der Waals surface area contributed by atoms with Crippen molar-refractivity contribution in [3.8, 4) is 11.5 Å². The van der Waals surface area contributed by atoms with Gasteiger partial charge >= 0.3 is 5.97 Å². The highest BCUT2D eigenvalue weighted by Crippen LogP contribution is 2.20. The van der Waals surface area contributed by atoms with Crippen LogP contribution in [0.1, 0.15) is 5.56 Å². The van der Waals surface area contributed by atoms with E-state index in [1.165, 1.54) is 0 Å². The fraction of sp³-hybridized carbons (Fsp3) is 0. The predicted octanol–water partition coefficient (Wildman–Crippen LogP) is 2.72. The topological polar surface area (TPSA) is 78.9 Å². The molecule has 1 aromatic carbocycles. The number of fused-ring (bicyclic) bond motifs is 1. The van der Waals surface area contributed by atoms with Crippen LogP contribution in [0.5, 0.6) is 0 Å². The number of aliphatic carboxylic acids is 1. The second-order valence-electron chi connectivity index (χ2n) is 4.25. The van der Waals surface area contributed by atoms with E-state index in [2.05, 4.69) is 15.0 Å². The van der Waals surface area contributed by atoms with Crippen molar-refractivity contribution < 1.29 is 9.90 Å². The smallest absolute Gasteiger partial charge is 0.328 e. The van der Waals surface area contributed by atoms with Crippen LogP contribution >= 0.6 is 0 Å². The van der Waals surface area contributed by atoms with Crippen molar-refractivity contribution in [1.29, 1.82) is 0 Å². The first-order chi connectivity index (χ1) is 9.72. The van der Waals surface area contributed by atoms with Gasteiger partial charge in [-0.15, -0.1) is 0 Å². The van der Waals surface area contributed by atoms with Gasteiger partial charge in [0.15, 0.2) is 5.82 Å². The minimum atomic E-state index is -0.969. The molecule has 2 heterocycles. The van der Waals surface area contributed by atoms with Gasteiger partial charge in [0.05, 0.1) is 11.0 Å². The Morgan fingerprint density at radius 2 is 2.15 bits per heavy atom. The first kappa shape index (κ1) is 12.1. The Kier molecular flexibility index (Phi) is 3.01. The minimum Gasteiger partial charge on any atom is -0.478 e. The quantitative estimate of drug-likeness (QED) is 0.714. The Hall–Kier alpha value is -2.95. The summed E-state index contributed by atoms with van der Waals surface area (Å²) >= 11 is 0. The van der Waals surface area contributed by atoms with Crippen LogP contribution in [0.4, 0.5) is 0 Å². The summed E-state index contributed by atoms with van der Waals surface area (Å²) in [4.78, 5) is 22.4. The molecule has 0 saturated carbocycles. The number of nitrogens with zero attached hydrogens (tertiary/aromatic N) is 2. The number of carbonyl (C=O) groups is 1. The van der Waals surface area contributed by atoms with E-state index < -0.39 is 5.97 Å². The fourth-order valence-electron chi connectivity index (χ4n) is 1.92. The van der Waals surface area contributed by atoms with E-state index in [1.807, 2.05) is 36.4 Å². The van der Waals surface area contributed by atoms with Crippen LogP contribution in [0.15, 0.2) is 48.7 Å². The molecule has 98 valence electrons. The second kappa shape index (κ2) is 4.97. The van der Waals surface area contributed by atoms with Crippen LogP contribution < -0.4 is 0 Å². The molecule has 0 unspecified atom stereocenters. The van der Waals surface area contributed by atoms with Crippen LogP contribution in [0.25, 0.3) is 28.6 Å². The van der Waals surface area contributed by atoms with Crippen molar-refractivity contribution in [2.24, 2.45) is 0 Å². The molecule has 0 aliphatic rings. The van der Waals surface area contributed by atoms with Crippen LogP contribution in [-0.4, -0.2) is 26.0 Å². The summed E-state index contributed by atoms with van der Waals surface area (Å²) in [6.07, 6.45) is 4.36. The van der Waals surface area contributed by atoms with E-state index >= 15 is 0 Å². The molecule has 0 fully saturated rings. The molecule has 3 aromatic rings. The van der Waals surface area contributed by atoms with Gasteiger partial charge in [0.25, 0.3) is 0 Å². The molecule has 0 spiro atoms. The minimum absolute atomic E-state index is 0.694. The lowest BCUT2D eigenvalue weighted by Gasteiger charge is -1.93. The highest BCUT2D eigenvalue weighted by atomic mass is 16.4. The van der Waals surface area contributed by atoms with Gasteiger partial charge in [-0.25, -0.2) is 9.78 Å². The molecule has 0 saturated heterocycles. The number of aromatic nitrogens is 3. The lowest BCUT2D eigenvalue weighted by molar-refractivity contribution is -0.131. The number of hydrogen-bond acceptors (Lipinski definition) is 3. The maximum Gasteiger partial charge on any atom is 0.328 e. The van der Waals surface area contributed by atoms with Crippen LogP contribution in [0.2, 0.25) is 0 Å². The Morgan fingerprint density at radius 3 is 2.90 bits per heavy atom. The van der Waals surface area contributed by atoms with Crippen molar-refractivity contribution >= 4 is 23.1 Å². The SMILES string of the molecule is O=C(O)/C=C/c1ccc2nc(-c3ccccn3)[nH]c2c1. The van der Waals surface area contributed by atoms with Crippen molar-refractivity contribution in [2.45, 2.75) is 0 Å². The Balaban J connectivity index is 2.02. The number of nitrogens with one attached hydrogen (secondary N) is 1. The van der Waals surface area contributed by atoms with Gasteiger partial charge in [-0.2, -0.15) is 0 Å². The summed E-state index contributed by atoms with van der Waals surface area (Å²) in [5.74, 6) is -0.274. The van der Waals surface area contributed by atoms with Gasteiger partial charge in [0, 0.05) is 12.3 Å². The molecule has 0 aliphatic carbocycles. The first-order valence-electron chi connectivity index (χ1n) is 6.04. The standard InChI is InChI=1S/C15H11N3O2/c19-14(20)7-5-10-4-6-11-13(9-10)18-15(17-11)12-3-1-2-8-16-12/h1-9H,(H,17,18)(H,19,20)/b7-5+. The number of imidazole rings is 1. The molecule has 0 atom stereocenters. The number of H-pyrrole nitrogens is 1. The number of benzene rings is 1. The monoisotopic (exact) mass is 265 g/mol. The molecular formula is C15H11N3O2. The number of rotatable bonds is 3. The number of aromatic amines is 1. The molecule has 3 rings (SSSR count).